The summed E-state index contributed by atoms with van der Waals surface area (Å²) >= 11 is 0. The SMILES string of the molecule is NC(=O)CNCCc1c[nH]c2ccccc12. The number of nitrogens with two attached hydrogens (primary N) is 1. The smallest absolute Gasteiger partial charge is 0.231 e. The molecule has 0 saturated heterocycles. The van der Waals surface area contributed by atoms with Crippen LogP contribution in [0.25, 0.3) is 10.9 Å². The van der Waals surface area contributed by atoms with E-state index in [0.29, 0.717) is 0 Å². The van der Waals surface area contributed by atoms with Gasteiger partial charge in [-0.2, -0.15) is 0 Å². The molecule has 0 atom stereocenters. The van der Waals surface area contributed by atoms with E-state index in [1.54, 1.807) is 0 Å². The van der Waals surface area contributed by atoms with Gasteiger partial charge in [-0.15, -0.1) is 0 Å². The van der Waals surface area contributed by atoms with Gasteiger partial charge in [-0.1, -0.05) is 18.2 Å². The Morgan fingerprint density at radius 3 is 3.00 bits per heavy atom. The van der Waals surface area contributed by atoms with Crippen LogP contribution in [0.2, 0.25) is 0 Å². The number of aromatic nitrogens is 1. The van der Waals surface area contributed by atoms with Crippen molar-refractivity contribution in [1.29, 1.82) is 0 Å². The Balaban J connectivity index is 1.97. The molecule has 4 heteroatoms. The van der Waals surface area contributed by atoms with Crippen LogP contribution in [-0.4, -0.2) is 24.0 Å². The number of hydrogen-bond donors (Lipinski definition) is 3. The van der Waals surface area contributed by atoms with Gasteiger partial charge < -0.3 is 16.0 Å². The Kier molecular flexibility index (Phi) is 3.22. The number of nitrogens with one attached hydrogen (secondary N) is 2. The minimum Gasteiger partial charge on any atom is -0.369 e. The normalized spacial score (nSPS) is 10.8. The summed E-state index contributed by atoms with van der Waals surface area (Å²) in [6.45, 7) is 0.993. The van der Waals surface area contributed by atoms with Crippen LogP contribution in [0.4, 0.5) is 0 Å². The summed E-state index contributed by atoms with van der Waals surface area (Å²) in [5.41, 5.74) is 7.44. The van der Waals surface area contributed by atoms with E-state index in [1.807, 2.05) is 18.3 Å². The highest BCUT2D eigenvalue weighted by atomic mass is 16.1. The molecule has 1 aromatic heterocycles. The summed E-state index contributed by atoms with van der Waals surface area (Å²) in [7, 11) is 0. The van der Waals surface area contributed by atoms with E-state index in [1.165, 1.54) is 10.9 Å². The number of para-hydroxylation sites is 1. The zero-order chi connectivity index (χ0) is 11.4. The maximum absolute atomic E-state index is 10.5. The second-order valence-electron chi connectivity index (χ2n) is 3.75. The van der Waals surface area contributed by atoms with Crippen LogP contribution in [0.1, 0.15) is 5.56 Å². The summed E-state index contributed by atoms with van der Waals surface area (Å²) in [5, 5.41) is 4.24. The molecule has 0 radical (unpaired) electrons. The molecule has 1 amide bonds. The first kappa shape index (κ1) is 10.7. The summed E-state index contributed by atoms with van der Waals surface area (Å²) in [6.07, 6.45) is 2.90. The molecule has 1 heterocycles. The van der Waals surface area contributed by atoms with Crippen molar-refractivity contribution >= 4 is 16.8 Å². The minimum absolute atomic E-state index is 0.238. The first-order valence-electron chi connectivity index (χ1n) is 5.31. The number of H-pyrrole nitrogens is 1. The highest BCUT2D eigenvalue weighted by molar-refractivity contribution is 5.83. The Morgan fingerprint density at radius 2 is 2.19 bits per heavy atom. The molecule has 0 unspecified atom stereocenters. The maximum atomic E-state index is 10.5. The van der Waals surface area contributed by atoms with Crippen LogP contribution >= 0.6 is 0 Å². The number of rotatable bonds is 5. The van der Waals surface area contributed by atoms with Gasteiger partial charge in [-0.25, -0.2) is 0 Å². The average molecular weight is 217 g/mol. The second kappa shape index (κ2) is 4.81. The van der Waals surface area contributed by atoms with Gasteiger partial charge >= 0.3 is 0 Å². The number of carbonyl (C=O) groups is 1. The van der Waals surface area contributed by atoms with Crippen molar-refractivity contribution in [3.05, 3.63) is 36.0 Å². The monoisotopic (exact) mass is 217 g/mol. The van der Waals surface area contributed by atoms with Crippen LogP contribution in [0, 0.1) is 0 Å². The van der Waals surface area contributed by atoms with Crippen molar-refractivity contribution in [1.82, 2.24) is 10.3 Å². The molecule has 16 heavy (non-hydrogen) atoms. The fourth-order valence-corrected chi connectivity index (χ4v) is 1.77. The third-order valence-corrected chi connectivity index (χ3v) is 2.55. The lowest BCUT2D eigenvalue weighted by molar-refractivity contribution is -0.117. The Morgan fingerprint density at radius 1 is 1.38 bits per heavy atom. The van der Waals surface area contributed by atoms with Crippen molar-refractivity contribution in [2.24, 2.45) is 5.73 Å². The van der Waals surface area contributed by atoms with Crippen LogP contribution in [0.15, 0.2) is 30.5 Å². The fourth-order valence-electron chi connectivity index (χ4n) is 1.77. The van der Waals surface area contributed by atoms with E-state index in [4.69, 9.17) is 5.73 Å². The van der Waals surface area contributed by atoms with Crippen molar-refractivity contribution in [3.63, 3.8) is 0 Å². The zero-order valence-corrected chi connectivity index (χ0v) is 8.99. The Labute approximate surface area is 93.8 Å². The van der Waals surface area contributed by atoms with Gasteiger partial charge in [0.15, 0.2) is 0 Å². The van der Waals surface area contributed by atoms with E-state index < -0.39 is 0 Å². The number of hydrogen-bond acceptors (Lipinski definition) is 2. The third-order valence-electron chi connectivity index (χ3n) is 2.55. The minimum atomic E-state index is -0.320. The van der Waals surface area contributed by atoms with Crippen LogP contribution in [0.5, 0.6) is 0 Å². The van der Waals surface area contributed by atoms with E-state index in [9.17, 15) is 4.79 Å². The average Bonchev–Trinajstić information content (AvgIpc) is 2.68. The summed E-state index contributed by atoms with van der Waals surface area (Å²) in [4.78, 5) is 13.7. The second-order valence-corrected chi connectivity index (χ2v) is 3.75. The van der Waals surface area contributed by atoms with E-state index in [0.717, 1.165) is 18.5 Å². The standard InChI is InChI=1S/C12H15N3O/c13-12(16)8-14-6-5-9-7-15-11-4-2-1-3-10(9)11/h1-4,7,14-15H,5-6,8H2,(H2,13,16). The maximum Gasteiger partial charge on any atom is 0.231 e. The quantitative estimate of drug-likeness (QED) is 0.648. The van der Waals surface area contributed by atoms with Crippen molar-refractivity contribution in [2.75, 3.05) is 13.1 Å². The first-order chi connectivity index (χ1) is 7.77. The zero-order valence-electron chi connectivity index (χ0n) is 8.99. The first-order valence-corrected chi connectivity index (χ1v) is 5.31. The highest BCUT2D eigenvalue weighted by Crippen LogP contribution is 2.17. The van der Waals surface area contributed by atoms with E-state index in [-0.39, 0.29) is 12.5 Å². The summed E-state index contributed by atoms with van der Waals surface area (Å²) in [5.74, 6) is -0.320. The molecule has 0 aliphatic heterocycles. The molecule has 0 saturated carbocycles. The van der Waals surface area contributed by atoms with Crippen LogP contribution < -0.4 is 11.1 Å². The van der Waals surface area contributed by atoms with Crippen LogP contribution in [0.3, 0.4) is 0 Å². The lowest BCUT2D eigenvalue weighted by atomic mass is 10.1. The number of fused-ring (bicyclic) bond motifs is 1. The van der Waals surface area contributed by atoms with Gasteiger partial charge in [0.05, 0.1) is 6.54 Å². The summed E-state index contributed by atoms with van der Waals surface area (Å²) in [6, 6.07) is 8.18. The topological polar surface area (TPSA) is 70.9 Å². The van der Waals surface area contributed by atoms with Crippen molar-refractivity contribution < 1.29 is 4.79 Å². The molecule has 2 rings (SSSR count). The Bertz CT molecular complexity index is 490. The predicted molar refractivity (Wildman–Crippen MR) is 64.1 cm³/mol. The number of primary amides is 1. The molecule has 2 aromatic rings. The highest BCUT2D eigenvalue weighted by Gasteiger charge is 2.02. The molecule has 4 nitrogen and oxygen atoms in total. The van der Waals surface area contributed by atoms with Crippen molar-refractivity contribution in [3.8, 4) is 0 Å². The largest absolute Gasteiger partial charge is 0.369 e. The molecular formula is C12H15N3O. The lowest BCUT2D eigenvalue weighted by Crippen LogP contribution is -2.29. The predicted octanol–water partition coefficient (Wildman–Crippen LogP) is 0.785. The molecule has 0 aliphatic rings. The van der Waals surface area contributed by atoms with Crippen molar-refractivity contribution in [2.45, 2.75) is 6.42 Å². The van der Waals surface area contributed by atoms with E-state index in [2.05, 4.69) is 22.4 Å². The molecule has 0 aliphatic carbocycles. The van der Waals surface area contributed by atoms with Gasteiger partial charge in [0.1, 0.15) is 0 Å². The summed E-state index contributed by atoms with van der Waals surface area (Å²) < 4.78 is 0. The van der Waals surface area contributed by atoms with Crippen LogP contribution in [-0.2, 0) is 11.2 Å². The molecule has 4 N–H and O–H groups in total. The molecule has 0 bridgehead atoms. The van der Waals surface area contributed by atoms with Gasteiger partial charge in [0, 0.05) is 17.1 Å². The number of benzene rings is 1. The molecule has 1 aromatic carbocycles. The van der Waals surface area contributed by atoms with Gasteiger partial charge in [0.25, 0.3) is 0 Å². The van der Waals surface area contributed by atoms with Gasteiger partial charge in [-0.3, -0.25) is 4.79 Å². The third kappa shape index (κ3) is 2.41. The Hall–Kier alpha value is -1.81. The lowest BCUT2D eigenvalue weighted by Gasteiger charge is -2.01. The molecule has 0 fully saturated rings. The number of carbonyl (C=O) groups excluding carboxylic acids is 1. The molecular weight excluding hydrogens is 202 g/mol. The fraction of sp³-hybridized carbons (Fsp3) is 0.250. The molecule has 84 valence electrons. The molecule has 0 spiro atoms. The van der Waals surface area contributed by atoms with Gasteiger partial charge in [-0.05, 0) is 24.6 Å². The van der Waals surface area contributed by atoms with E-state index >= 15 is 0 Å². The van der Waals surface area contributed by atoms with Gasteiger partial charge in [0.2, 0.25) is 5.91 Å². The number of amides is 1. The number of aromatic amines is 1.